The van der Waals surface area contributed by atoms with Gasteiger partial charge in [0.05, 0.1) is 21.2 Å². The molecule has 1 N–H and O–H groups in total. The Morgan fingerprint density at radius 3 is 2.81 bits per heavy atom. The Morgan fingerprint density at radius 1 is 1.29 bits per heavy atom. The molecule has 2 heterocycles. The van der Waals surface area contributed by atoms with E-state index in [1.807, 2.05) is 12.3 Å². The summed E-state index contributed by atoms with van der Waals surface area (Å²) in [5.41, 5.74) is 1.75. The van der Waals surface area contributed by atoms with E-state index in [0.29, 0.717) is 25.6 Å². The number of rotatable bonds is 6. The van der Waals surface area contributed by atoms with Gasteiger partial charge in [-0.15, -0.1) is 11.3 Å². The smallest absolute Gasteiger partial charge is 0.284 e. The topological polar surface area (TPSA) is 116 Å². The zero-order chi connectivity index (χ0) is 22.0. The van der Waals surface area contributed by atoms with E-state index in [1.165, 1.54) is 52.6 Å². The summed E-state index contributed by atoms with van der Waals surface area (Å²) < 4.78 is 2.17. The van der Waals surface area contributed by atoms with Crippen molar-refractivity contribution in [3.05, 3.63) is 80.8 Å². The molecule has 0 atom stereocenters. The Labute approximate surface area is 189 Å². The normalized spacial score (nSPS) is 10.8. The van der Waals surface area contributed by atoms with Crippen LogP contribution in [0, 0.1) is 17.0 Å². The van der Waals surface area contributed by atoms with Crippen LogP contribution in [0.15, 0.2) is 63.7 Å². The Bertz CT molecular complexity index is 1280. The molecule has 0 spiro atoms. The number of nitro benzene ring substituents is 1. The molecular formula is C19H13ClN6O3S2. The first-order valence-electron chi connectivity index (χ1n) is 8.75. The average Bonchev–Trinajstić information content (AvgIpc) is 3.40. The van der Waals surface area contributed by atoms with Crippen molar-refractivity contribution in [2.45, 2.75) is 16.2 Å². The van der Waals surface area contributed by atoms with Crippen LogP contribution in [0.4, 0.5) is 11.4 Å². The zero-order valence-corrected chi connectivity index (χ0v) is 18.2. The number of amides is 1. The van der Waals surface area contributed by atoms with E-state index in [1.54, 1.807) is 24.3 Å². The zero-order valence-electron chi connectivity index (χ0n) is 15.9. The second-order valence-electron chi connectivity index (χ2n) is 6.25. The Hall–Kier alpha value is -3.28. The molecular weight excluding hydrogens is 460 g/mol. The van der Waals surface area contributed by atoms with Crippen molar-refractivity contribution in [1.29, 1.82) is 0 Å². The average molecular weight is 473 g/mol. The Kier molecular flexibility index (Phi) is 5.98. The molecule has 0 bridgehead atoms. The van der Waals surface area contributed by atoms with Gasteiger partial charge in [0.15, 0.2) is 4.34 Å². The molecule has 9 nitrogen and oxygen atoms in total. The third-order valence-corrected chi connectivity index (χ3v) is 6.44. The van der Waals surface area contributed by atoms with E-state index in [4.69, 9.17) is 11.6 Å². The van der Waals surface area contributed by atoms with Crippen molar-refractivity contribution in [1.82, 2.24) is 19.7 Å². The highest BCUT2D eigenvalue weighted by Gasteiger charge is 2.20. The van der Waals surface area contributed by atoms with Gasteiger partial charge in [-0.05, 0) is 37.3 Å². The molecule has 156 valence electrons. The number of benzene rings is 2. The number of halogens is 1. The highest BCUT2D eigenvalue weighted by molar-refractivity contribution is 8.01. The fraction of sp³-hybridized carbons (Fsp3) is 0.0526. The molecule has 0 aliphatic carbocycles. The van der Waals surface area contributed by atoms with Gasteiger partial charge in [-0.3, -0.25) is 14.9 Å². The molecule has 0 aliphatic rings. The van der Waals surface area contributed by atoms with Crippen LogP contribution in [0.5, 0.6) is 0 Å². The number of aromatic nitrogens is 4. The largest absolute Gasteiger partial charge is 0.320 e. The van der Waals surface area contributed by atoms with Crippen molar-refractivity contribution in [2.75, 3.05) is 5.32 Å². The number of nitro groups is 1. The summed E-state index contributed by atoms with van der Waals surface area (Å²) in [5, 5.41) is 20.7. The third-order valence-electron chi connectivity index (χ3n) is 4.09. The Balaban J connectivity index is 1.63. The van der Waals surface area contributed by atoms with Crippen LogP contribution in [0.25, 0.3) is 5.69 Å². The van der Waals surface area contributed by atoms with Gasteiger partial charge in [-0.2, -0.15) is 5.10 Å². The second-order valence-corrected chi connectivity index (χ2v) is 8.84. The van der Waals surface area contributed by atoms with Crippen LogP contribution in [0.2, 0.25) is 5.02 Å². The molecule has 12 heteroatoms. The standard InChI is InChI=1S/C19H13ClN6O3S2/c1-11-8-30-19(23-11)31-17-5-2-12(6-16(17)26(28)29)18(27)24-14-7-13(20)3-4-15(14)25-10-21-9-22-25/h2-10H,1H3,(H,24,27). The van der Waals surface area contributed by atoms with E-state index in [-0.39, 0.29) is 11.3 Å². The summed E-state index contributed by atoms with van der Waals surface area (Å²) in [6.07, 6.45) is 2.85. The number of hydrogen-bond donors (Lipinski definition) is 1. The quantitative estimate of drug-likeness (QED) is 0.310. The molecule has 31 heavy (non-hydrogen) atoms. The number of anilines is 1. The molecule has 0 radical (unpaired) electrons. The predicted octanol–water partition coefficient (Wildman–Crippen LogP) is 5.00. The maximum Gasteiger partial charge on any atom is 0.284 e. The lowest BCUT2D eigenvalue weighted by molar-refractivity contribution is -0.387. The number of hydrogen-bond acceptors (Lipinski definition) is 8. The fourth-order valence-electron chi connectivity index (χ4n) is 2.70. The molecule has 0 fully saturated rings. The summed E-state index contributed by atoms with van der Waals surface area (Å²) in [5.74, 6) is -0.520. The van der Waals surface area contributed by atoms with Gasteiger partial charge in [0.25, 0.3) is 11.6 Å². The van der Waals surface area contributed by atoms with E-state index < -0.39 is 10.8 Å². The Morgan fingerprint density at radius 2 is 2.13 bits per heavy atom. The molecule has 2 aromatic heterocycles. The van der Waals surface area contributed by atoms with E-state index >= 15 is 0 Å². The molecule has 1 amide bonds. The fourth-order valence-corrected chi connectivity index (χ4v) is 4.75. The van der Waals surface area contributed by atoms with Gasteiger partial charge in [-0.1, -0.05) is 23.4 Å². The lowest BCUT2D eigenvalue weighted by atomic mass is 10.1. The molecule has 4 aromatic rings. The van der Waals surface area contributed by atoms with Crippen LogP contribution in [0.1, 0.15) is 16.1 Å². The van der Waals surface area contributed by atoms with Gasteiger partial charge in [0, 0.05) is 27.7 Å². The maximum atomic E-state index is 12.9. The van der Waals surface area contributed by atoms with Gasteiger partial charge < -0.3 is 5.32 Å². The van der Waals surface area contributed by atoms with Crippen LogP contribution < -0.4 is 5.32 Å². The first kappa shape index (κ1) is 21.0. The van der Waals surface area contributed by atoms with Crippen LogP contribution in [0.3, 0.4) is 0 Å². The van der Waals surface area contributed by atoms with Crippen molar-refractivity contribution >= 4 is 52.0 Å². The third kappa shape index (κ3) is 4.74. The summed E-state index contributed by atoms with van der Waals surface area (Å²) in [6.45, 7) is 1.85. The second kappa shape index (κ2) is 8.84. The minimum atomic E-state index is -0.520. The summed E-state index contributed by atoms with van der Waals surface area (Å²) >= 11 is 8.67. The minimum Gasteiger partial charge on any atom is -0.320 e. The van der Waals surface area contributed by atoms with Gasteiger partial charge in [0.2, 0.25) is 0 Å². The molecule has 2 aromatic carbocycles. The lowest BCUT2D eigenvalue weighted by Crippen LogP contribution is -2.14. The van der Waals surface area contributed by atoms with Gasteiger partial charge >= 0.3 is 0 Å². The summed E-state index contributed by atoms with van der Waals surface area (Å²) in [6, 6.07) is 9.24. The van der Waals surface area contributed by atoms with Crippen molar-refractivity contribution < 1.29 is 9.72 Å². The monoisotopic (exact) mass is 472 g/mol. The number of aryl methyl sites for hydroxylation is 1. The van der Waals surface area contributed by atoms with E-state index in [9.17, 15) is 14.9 Å². The van der Waals surface area contributed by atoms with Crippen molar-refractivity contribution in [3.63, 3.8) is 0 Å². The maximum absolute atomic E-state index is 12.9. The highest BCUT2D eigenvalue weighted by atomic mass is 35.5. The molecule has 0 saturated heterocycles. The first-order valence-corrected chi connectivity index (χ1v) is 10.8. The highest BCUT2D eigenvalue weighted by Crippen LogP contribution is 2.37. The van der Waals surface area contributed by atoms with Gasteiger partial charge in [0.1, 0.15) is 12.7 Å². The number of nitrogens with one attached hydrogen (secondary N) is 1. The molecule has 0 unspecified atom stereocenters. The SMILES string of the molecule is Cc1csc(Sc2ccc(C(=O)Nc3cc(Cl)ccc3-n3cncn3)cc2[N+](=O)[O-])n1. The minimum absolute atomic E-state index is 0.135. The lowest BCUT2D eigenvalue weighted by Gasteiger charge is -2.12. The number of nitrogens with zero attached hydrogens (tertiary/aromatic N) is 5. The molecule has 0 aliphatic heterocycles. The van der Waals surface area contributed by atoms with Crippen molar-refractivity contribution in [2.24, 2.45) is 0 Å². The van der Waals surface area contributed by atoms with E-state index in [2.05, 4.69) is 20.4 Å². The molecule has 0 saturated carbocycles. The van der Waals surface area contributed by atoms with Gasteiger partial charge in [-0.25, -0.2) is 14.6 Å². The summed E-state index contributed by atoms with van der Waals surface area (Å²) in [7, 11) is 0. The van der Waals surface area contributed by atoms with Crippen molar-refractivity contribution in [3.8, 4) is 5.69 Å². The number of carbonyl (C=O) groups excluding carboxylic acids is 1. The predicted molar refractivity (Wildman–Crippen MR) is 118 cm³/mol. The number of thiazole rings is 1. The van der Waals surface area contributed by atoms with Crippen LogP contribution in [-0.2, 0) is 0 Å². The molecule has 4 rings (SSSR count). The van der Waals surface area contributed by atoms with E-state index in [0.717, 1.165) is 5.69 Å². The first-order chi connectivity index (χ1) is 14.9. The van der Waals surface area contributed by atoms with Crippen LogP contribution in [-0.4, -0.2) is 30.6 Å². The number of carbonyl (C=O) groups is 1. The summed E-state index contributed by atoms with van der Waals surface area (Å²) in [4.78, 5) is 32.6. The van der Waals surface area contributed by atoms with Crippen LogP contribution >= 0.6 is 34.7 Å².